The van der Waals surface area contributed by atoms with E-state index < -0.39 is 11.4 Å². The molecule has 2 aromatic rings. The third-order valence-electron chi connectivity index (χ3n) is 6.72. The SMILES string of the molecule is C=Cn1ncc(CN2CCC(C[C@@H]3CC(c4ccc(C)cc4)=NO3)(C(=O)O)CC2)c1C. The summed E-state index contributed by atoms with van der Waals surface area (Å²) in [5.41, 5.74) is 4.60. The summed E-state index contributed by atoms with van der Waals surface area (Å²) >= 11 is 0. The lowest BCUT2D eigenvalue weighted by molar-refractivity contribution is -0.155. The Hall–Kier alpha value is -2.93. The zero-order valence-corrected chi connectivity index (χ0v) is 18.3. The van der Waals surface area contributed by atoms with Crippen molar-refractivity contribution in [2.75, 3.05) is 13.1 Å². The molecule has 0 spiro atoms. The second-order valence-electron chi connectivity index (χ2n) is 8.78. The second-order valence-corrected chi connectivity index (χ2v) is 8.78. The Morgan fingerprint density at radius 2 is 2.00 bits per heavy atom. The largest absolute Gasteiger partial charge is 0.481 e. The highest BCUT2D eigenvalue weighted by Crippen LogP contribution is 2.39. The van der Waals surface area contributed by atoms with Crippen LogP contribution in [0.25, 0.3) is 6.20 Å². The molecule has 2 aliphatic heterocycles. The quantitative estimate of drug-likeness (QED) is 0.733. The Kier molecular flexibility index (Phi) is 5.96. The van der Waals surface area contributed by atoms with Gasteiger partial charge in [-0.05, 0) is 45.3 Å². The minimum absolute atomic E-state index is 0.188. The van der Waals surface area contributed by atoms with Crippen LogP contribution >= 0.6 is 0 Å². The summed E-state index contributed by atoms with van der Waals surface area (Å²) in [5, 5.41) is 18.7. The number of carbonyl (C=O) groups is 1. The highest BCUT2D eigenvalue weighted by atomic mass is 16.6. The monoisotopic (exact) mass is 422 g/mol. The number of carboxylic acids is 1. The molecule has 0 radical (unpaired) electrons. The van der Waals surface area contributed by atoms with Gasteiger partial charge in [0.05, 0.1) is 17.3 Å². The number of likely N-dealkylation sites (tertiary alicyclic amines) is 1. The molecular formula is C24H30N4O3. The Balaban J connectivity index is 1.36. The van der Waals surface area contributed by atoms with Crippen LogP contribution in [0.15, 0.2) is 42.2 Å². The maximum atomic E-state index is 12.3. The van der Waals surface area contributed by atoms with E-state index in [0.29, 0.717) is 25.7 Å². The number of oxime groups is 1. The fourth-order valence-corrected chi connectivity index (χ4v) is 4.57. The first kappa shape index (κ1) is 21.3. The van der Waals surface area contributed by atoms with Crippen molar-refractivity contribution in [3.8, 4) is 0 Å². The summed E-state index contributed by atoms with van der Waals surface area (Å²) in [6.07, 6.45) is 5.73. The van der Waals surface area contributed by atoms with Crippen LogP contribution in [-0.2, 0) is 16.2 Å². The summed E-state index contributed by atoms with van der Waals surface area (Å²) in [5.74, 6) is -0.727. The molecule has 4 rings (SSSR count). The van der Waals surface area contributed by atoms with Crippen molar-refractivity contribution in [1.82, 2.24) is 14.7 Å². The highest BCUT2D eigenvalue weighted by molar-refractivity contribution is 6.01. The van der Waals surface area contributed by atoms with Crippen molar-refractivity contribution in [3.63, 3.8) is 0 Å². The maximum absolute atomic E-state index is 12.3. The molecule has 164 valence electrons. The number of aliphatic carboxylic acids is 1. The van der Waals surface area contributed by atoms with Gasteiger partial charge >= 0.3 is 5.97 Å². The van der Waals surface area contributed by atoms with Gasteiger partial charge in [0, 0.05) is 36.8 Å². The predicted molar refractivity (Wildman–Crippen MR) is 120 cm³/mol. The molecule has 2 aliphatic rings. The normalized spacial score (nSPS) is 20.8. The molecule has 1 aromatic carbocycles. The number of hydrogen-bond acceptors (Lipinski definition) is 5. The van der Waals surface area contributed by atoms with Gasteiger partial charge in [-0.2, -0.15) is 5.10 Å². The van der Waals surface area contributed by atoms with Crippen molar-refractivity contribution in [1.29, 1.82) is 0 Å². The van der Waals surface area contributed by atoms with Crippen LogP contribution in [0.4, 0.5) is 0 Å². The average molecular weight is 423 g/mol. The first-order valence-corrected chi connectivity index (χ1v) is 10.8. The number of aryl methyl sites for hydroxylation is 1. The fourth-order valence-electron chi connectivity index (χ4n) is 4.57. The zero-order valence-electron chi connectivity index (χ0n) is 18.3. The van der Waals surface area contributed by atoms with Gasteiger partial charge < -0.3 is 9.94 Å². The molecule has 0 bridgehead atoms. The number of nitrogens with zero attached hydrogens (tertiary/aromatic N) is 4. The van der Waals surface area contributed by atoms with E-state index in [4.69, 9.17) is 4.84 Å². The van der Waals surface area contributed by atoms with Gasteiger partial charge in [0.2, 0.25) is 0 Å². The third kappa shape index (κ3) is 4.42. The van der Waals surface area contributed by atoms with E-state index >= 15 is 0 Å². The number of carboxylic acid groups (broad SMARTS) is 1. The number of benzene rings is 1. The number of rotatable bonds is 7. The van der Waals surface area contributed by atoms with Crippen LogP contribution in [0.1, 0.15) is 48.1 Å². The van der Waals surface area contributed by atoms with Crippen LogP contribution in [0, 0.1) is 19.3 Å². The molecule has 1 fully saturated rings. The first-order chi connectivity index (χ1) is 14.9. The van der Waals surface area contributed by atoms with Gasteiger partial charge in [0.1, 0.15) is 6.10 Å². The van der Waals surface area contributed by atoms with Crippen LogP contribution < -0.4 is 0 Å². The Morgan fingerprint density at radius 1 is 1.29 bits per heavy atom. The number of piperidine rings is 1. The van der Waals surface area contributed by atoms with E-state index in [1.807, 2.05) is 25.3 Å². The lowest BCUT2D eigenvalue weighted by atomic mass is 9.73. The second kappa shape index (κ2) is 8.67. The number of aromatic nitrogens is 2. The molecule has 0 amide bonds. The number of hydrogen-bond donors (Lipinski definition) is 1. The summed E-state index contributed by atoms with van der Waals surface area (Å²) < 4.78 is 1.77. The summed E-state index contributed by atoms with van der Waals surface area (Å²) in [6.45, 7) is 10.1. The molecule has 0 aliphatic carbocycles. The minimum atomic E-state index is -0.764. The molecule has 0 unspecified atom stereocenters. The van der Waals surface area contributed by atoms with Crippen LogP contribution in [0.3, 0.4) is 0 Å². The standard InChI is InChI=1S/C24H30N4O3/c1-4-28-18(3)20(15-25-28)16-27-11-9-24(10-12-27,23(29)30)14-21-13-22(26-31-21)19-7-5-17(2)6-8-19/h4-8,15,21H,1,9-14,16H2,2-3H3,(H,29,30)/t21-/m0/s1. The maximum Gasteiger partial charge on any atom is 0.309 e. The van der Waals surface area contributed by atoms with Gasteiger partial charge in [-0.1, -0.05) is 41.6 Å². The zero-order chi connectivity index (χ0) is 22.0. The lowest BCUT2D eigenvalue weighted by Crippen LogP contribution is -2.45. The van der Waals surface area contributed by atoms with E-state index in [0.717, 1.165) is 42.2 Å². The van der Waals surface area contributed by atoms with Crippen molar-refractivity contribution >= 4 is 17.9 Å². The van der Waals surface area contributed by atoms with Crippen LogP contribution in [0.2, 0.25) is 0 Å². The van der Waals surface area contributed by atoms with E-state index in [1.54, 1.807) is 10.9 Å². The van der Waals surface area contributed by atoms with E-state index in [-0.39, 0.29) is 6.10 Å². The lowest BCUT2D eigenvalue weighted by Gasteiger charge is -2.39. The van der Waals surface area contributed by atoms with Crippen LogP contribution in [0.5, 0.6) is 0 Å². The molecule has 1 atom stereocenters. The first-order valence-electron chi connectivity index (χ1n) is 10.8. The highest BCUT2D eigenvalue weighted by Gasteiger charge is 2.45. The smallest absolute Gasteiger partial charge is 0.309 e. The van der Waals surface area contributed by atoms with Crippen molar-refractivity contribution in [3.05, 3.63) is 59.4 Å². The summed E-state index contributed by atoms with van der Waals surface area (Å²) in [4.78, 5) is 20.3. The van der Waals surface area contributed by atoms with Gasteiger partial charge in [0.25, 0.3) is 0 Å². The van der Waals surface area contributed by atoms with Gasteiger partial charge in [0.15, 0.2) is 0 Å². The van der Waals surface area contributed by atoms with E-state index in [1.165, 1.54) is 5.56 Å². The molecule has 0 saturated carbocycles. The molecular weight excluding hydrogens is 392 g/mol. The molecule has 1 N–H and O–H groups in total. The van der Waals surface area contributed by atoms with E-state index in [9.17, 15) is 9.90 Å². The van der Waals surface area contributed by atoms with Gasteiger partial charge in [-0.25, -0.2) is 4.68 Å². The molecule has 3 heterocycles. The molecule has 1 aromatic heterocycles. The van der Waals surface area contributed by atoms with Crippen molar-refractivity contribution < 1.29 is 14.7 Å². The average Bonchev–Trinajstić information content (AvgIpc) is 3.36. The van der Waals surface area contributed by atoms with E-state index in [2.05, 4.69) is 40.8 Å². The van der Waals surface area contributed by atoms with Crippen molar-refractivity contribution in [2.24, 2.45) is 10.6 Å². The van der Waals surface area contributed by atoms with Crippen molar-refractivity contribution in [2.45, 2.75) is 52.2 Å². The molecule has 1 saturated heterocycles. The summed E-state index contributed by atoms with van der Waals surface area (Å²) in [7, 11) is 0. The fraction of sp³-hybridized carbons (Fsp3) is 0.458. The third-order valence-corrected chi connectivity index (χ3v) is 6.72. The molecule has 7 nitrogen and oxygen atoms in total. The Labute approximate surface area is 183 Å². The van der Waals surface area contributed by atoms with Gasteiger partial charge in [-0.15, -0.1) is 0 Å². The molecule has 31 heavy (non-hydrogen) atoms. The minimum Gasteiger partial charge on any atom is -0.481 e. The molecule has 7 heteroatoms. The topological polar surface area (TPSA) is 80.0 Å². The summed E-state index contributed by atoms with van der Waals surface area (Å²) in [6, 6.07) is 8.20. The Bertz CT molecular complexity index is 985. The van der Waals surface area contributed by atoms with Crippen LogP contribution in [-0.4, -0.2) is 50.7 Å². The Morgan fingerprint density at radius 3 is 2.61 bits per heavy atom. The predicted octanol–water partition coefficient (Wildman–Crippen LogP) is 3.85. The van der Waals surface area contributed by atoms with Gasteiger partial charge in [-0.3, -0.25) is 9.69 Å².